The average molecular weight is 326 g/mol. The molecule has 0 aliphatic carbocycles. The van der Waals surface area contributed by atoms with Crippen LogP contribution in [0.4, 0.5) is 0 Å². The van der Waals surface area contributed by atoms with Crippen molar-refractivity contribution in [1.82, 2.24) is 4.98 Å². The Morgan fingerprint density at radius 2 is 2.27 bits per heavy atom. The van der Waals surface area contributed by atoms with Crippen molar-refractivity contribution in [2.24, 2.45) is 0 Å². The van der Waals surface area contributed by atoms with Crippen LogP contribution in [0.3, 0.4) is 0 Å². The van der Waals surface area contributed by atoms with Gasteiger partial charge in [0.1, 0.15) is 10.3 Å². The molecule has 4 heteroatoms. The molecule has 0 atom stereocenters. The molecule has 1 rings (SSSR count). The molecule has 0 bridgehead atoms. The van der Waals surface area contributed by atoms with E-state index in [9.17, 15) is 4.79 Å². The molecule has 0 spiro atoms. The first-order valence-corrected chi connectivity index (χ1v) is 4.81. The van der Waals surface area contributed by atoms with E-state index in [1.54, 1.807) is 6.07 Å². The first-order chi connectivity index (χ1) is 5.09. The first-order valence-electron chi connectivity index (χ1n) is 2.93. The van der Waals surface area contributed by atoms with Crippen molar-refractivity contribution in [1.29, 1.82) is 0 Å². The van der Waals surface area contributed by atoms with Gasteiger partial charge in [0.05, 0.1) is 0 Å². The minimum Gasteiger partial charge on any atom is -0.293 e. The third-order valence-electron chi connectivity index (χ3n) is 1.12. The van der Waals surface area contributed by atoms with Crippen molar-refractivity contribution in [3.63, 3.8) is 0 Å². The van der Waals surface area contributed by atoms with Gasteiger partial charge >= 0.3 is 0 Å². The summed E-state index contributed by atoms with van der Waals surface area (Å²) in [6, 6.07) is 3.61. The molecule has 0 unspecified atom stereocenters. The summed E-state index contributed by atoms with van der Waals surface area (Å²) in [6.45, 7) is 1.50. The highest BCUT2D eigenvalue weighted by Crippen LogP contribution is 2.13. The van der Waals surface area contributed by atoms with Gasteiger partial charge in [-0.25, -0.2) is 4.98 Å². The van der Waals surface area contributed by atoms with E-state index in [1.165, 1.54) is 6.92 Å². The van der Waals surface area contributed by atoms with E-state index in [4.69, 9.17) is 0 Å². The summed E-state index contributed by atoms with van der Waals surface area (Å²) in [5, 5.41) is 0. The van der Waals surface area contributed by atoms with E-state index in [-0.39, 0.29) is 5.78 Å². The van der Waals surface area contributed by atoms with Crippen LogP contribution in [0.2, 0.25) is 0 Å². The van der Waals surface area contributed by atoms with Gasteiger partial charge in [0.25, 0.3) is 0 Å². The summed E-state index contributed by atoms with van der Waals surface area (Å²) in [4.78, 5) is 14.9. The van der Waals surface area contributed by atoms with E-state index >= 15 is 0 Å². The van der Waals surface area contributed by atoms with Crippen LogP contribution in [0.15, 0.2) is 16.7 Å². The van der Waals surface area contributed by atoms with Crippen LogP contribution in [0.25, 0.3) is 0 Å². The maximum atomic E-state index is 10.9. The smallest absolute Gasteiger partial charge is 0.178 e. The van der Waals surface area contributed by atoms with Gasteiger partial charge in [-0.15, -0.1) is 0 Å². The molecule has 0 aliphatic heterocycles. The number of halogens is 2. The zero-order valence-corrected chi connectivity index (χ0v) is 9.51. The van der Waals surface area contributed by atoms with Crippen LogP contribution in [-0.4, -0.2) is 10.8 Å². The molecule has 2 nitrogen and oxygen atoms in total. The summed E-state index contributed by atoms with van der Waals surface area (Å²) in [5.74, 6) is -0.00999. The van der Waals surface area contributed by atoms with Crippen LogP contribution in [0.1, 0.15) is 17.4 Å². The summed E-state index contributed by atoms with van der Waals surface area (Å²) in [6.07, 6.45) is 0. The number of nitrogens with zero attached hydrogens (tertiary/aromatic N) is 1. The Labute approximate surface area is 86.7 Å². The molecule has 0 aliphatic rings. The molecule has 0 aromatic carbocycles. The van der Waals surface area contributed by atoms with Crippen LogP contribution < -0.4 is 0 Å². The zero-order valence-electron chi connectivity index (χ0n) is 5.77. The molecule has 1 aromatic heterocycles. The number of hydrogen-bond acceptors (Lipinski definition) is 2. The largest absolute Gasteiger partial charge is 0.293 e. The van der Waals surface area contributed by atoms with E-state index in [0.717, 1.165) is 3.57 Å². The highest BCUT2D eigenvalue weighted by Gasteiger charge is 2.02. The second kappa shape index (κ2) is 3.62. The molecule has 0 saturated heterocycles. The number of carbonyl (C=O) groups is 1. The maximum Gasteiger partial charge on any atom is 0.178 e. The number of aromatic nitrogens is 1. The van der Waals surface area contributed by atoms with Crippen LogP contribution in [0.5, 0.6) is 0 Å². The normalized spacial score (nSPS) is 9.73. The maximum absolute atomic E-state index is 10.9. The molecule has 1 aromatic rings. The number of rotatable bonds is 1. The van der Waals surface area contributed by atoms with Crippen molar-refractivity contribution >= 4 is 44.3 Å². The Hall–Kier alpha value is 0.0300. The standard InChI is InChI=1S/C7H5BrINO/c1-4(11)6-2-5(9)3-7(8)10-6/h2-3H,1H3. The van der Waals surface area contributed by atoms with Crippen LogP contribution >= 0.6 is 38.5 Å². The summed E-state index contributed by atoms with van der Waals surface area (Å²) < 4.78 is 1.71. The van der Waals surface area contributed by atoms with Gasteiger partial charge in [-0.1, -0.05) is 0 Å². The average Bonchev–Trinajstić information content (AvgIpc) is 1.85. The Morgan fingerprint density at radius 3 is 2.73 bits per heavy atom. The molecule has 0 fully saturated rings. The highest BCUT2D eigenvalue weighted by molar-refractivity contribution is 14.1. The summed E-state index contributed by atoms with van der Waals surface area (Å²) in [7, 11) is 0. The Kier molecular flexibility index (Phi) is 3.00. The fourth-order valence-corrected chi connectivity index (χ4v) is 2.10. The second-order valence-corrected chi connectivity index (χ2v) is 4.11. The second-order valence-electron chi connectivity index (χ2n) is 2.05. The molecule has 0 radical (unpaired) electrons. The molecule has 0 amide bonds. The number of carbonyl (C=O) groups excluding carboxylic acids is 1. The lowest BCUT2D eigenvalue weighted by atomic mass is 10.3. The molecular weight excluding hydrogens is 321 g/mol. The van der Waals surface area contributed by atoms with Crippen LogP contribution in [0, 0.1) is 3.57 Å². The third kappa shape index (κ3) is 2.52. The van der Waals surface area contributed by atoms with Crippen LogP contribution in [-0.2, 0) is 0 Å². The van der Waals surface area contributed by atoms with Gasteiger partial charge in [0, 0.05) is 10.5 Å². The molecule has 0 N–H and O–H groups in total. The molecular formula is C7H5BrINO. The van der Waals surface area contributed by atoms with Gasteiger partial charge in [-0.3, -0.25) is 4.79 Å². The van der Waals surface area contributed by atoms with E-state index in [1.807, 2.05) is 6.07 Å². The lowest BCUT2D eigenvalue weighted by Crippen LogP contribution is -1.97. The topological polar surface area (TPSA) is 30.0 Å². The number of ketones is 1. The Balaban J connectivity index is 3.19. The lowest BCUT2D eigenvalue weighted by Gasteiger charge is -1.96. The summed E-state index contributed by atoms with van der Waals surface area (Å²) in [5.41, 5.74) is 0.503. The van der Waals surface area contributed by atoms with E-state index in [2.05, 4.69) is 43.5 Å². The highest BCUT2D eigenvalue weighted by atomic mass is 127. The van der Waals surface area contributed by atoms with Crippen molar-refractivity contribution in [2.45, 2.75) is 6.92 Å². The fourth-order valence-electron chi connectivity index (χ4n) is 0.646. The zero-order chi connectivity index (χ0) is 8.43. The van der Waals surface area contributed by atoms with Crippen molar-refractivity contribution in [3.8, 4) is 0 Å². The van der Waals surface area contributed by atoms with Gasteiger partial charge in [0.2, 0.25) is 0 Å². The lowest BCUT2D eigenvalue weighted by molar-refractivity contribution is 0.101. The number of hydrogen-bond donors (Lipinski definition) is 0. The van der Waals surface area contributed by atoms with Gasteiger partial charge < -0.3 is 0 Å². The summed E-state index contributed by atoms with van der Waals surface area (Å²) >= 11 is 5.36. The van der Waals surface area contributed by atoms with Gasteiger partial charge in [0.15, 0.2) is 5.78 Å². The molecule has 1 heterocycles. The number of pyridine rings is 1. The van der Waals surface area contributed by atoms with E-state index in [0.29, 0.717) is 10.3 Å². The minimum absolute atomic E-state index is 0.00999. The molecule has 11 heavy (non-hydrogen) atoms. The molecule has 58 valence electrons. The Morgan fingerprint density at radius 1 is 1.64 bits per heavy atom. The first kappa shape index (κ1) is 9.12. The number of Topliss-reactive ketones (excluding diaryl/α,β-unsaturated/α-hetero) is 1. The van der Waals surface area contributed by atoms with Gasteiger partial charge in [-0.2, -0.15) is 0 Å². The minimum atomic E-state index is -0.00999. The quantitative estimate of drug-likeness (QED) is 0.451. The predicted molar refractivity (Wildman–Crippen MR) is 54.7 cm³/mol. The monoisotopic (exact) mass is 325 g/mol. The predicted octanol–water partition coefficient (Wildman–Crippen LogP) is 2.65. The van der Waals surface area contributed by atoms with Crippen molar-refractivity contribution < 1.29 is 4.79 Å². The Bertz CT molecular complexity index is 280. The SMILES string of the molecule is CC(=O)c1cc(I)cc(Br)n1. The third-order valence-corrected chi connectivity index (χ3v) is 2.15. The van der Waals surface area contributed by atoms with Crippen molar-refractivity contribution in [2.75, 3.05) is 0 Å². The van der Waals surface area contributed by atoms with E-state index < -0.39 is 0 Å². The fraction of sp³-hybridized carbons (Fsp3) is 0.143. The molecule has 0 saturated carbocycles. The van der Waals surface area contributed by atoms with Gasteiger partial charge in [-0.05, 0) is 50.7 Å². The van der Waals surface area contributed by atoms with Crippen molar-refractivity contribution in [3.05, 3.63) is 26.0 Å².